The van der Waals surface area contributed by atoms with Crippen LogP contribution in [0.5, 0.6) is 0 Å². The number of carbonyl (C=O) groups excluding carboxylic acids is 2. The van der Waals surface area contributed by atoms with Gasteiger partial charge in [0.2, 0.25) is 11.8 Å². The van der Waals surface area contributed by atoms with E-state index in [0.29, 0.717) is 12.4 Å². The second-order valence-corrected chi connectivity index (χ2v) is 5.90. The lowest BCUT2D eigenvalue weighted by atomic mass is 10.1. The van der Waals surface area contributed by atoms with E-state index in [4.69, 9.17) is 5.73 Å². The van der Waals surface area contributed by atoms with E-state index in [-0.39, 0.29) is 24.3 Å². The van der Waals surface area contributed by atoms with E-state index < -0.39 is 6.04 Å². The number of benzene rings is 1. The van der Waals surface area contributed by atoms with Gasteiger partial charge in [0, 0.05) is 6.07 Å². The Balaban J connectivity index is 1.89. The minimum atomic E-state index is -0.624. The van der Waals surface area contributed by atoms with E-state index in [9.17, 15) is 9.59 Å². The van der Waals surface area contributed by atoms with Crippen LogP contribution >= 0.6 is 0 Å². The van der Waals surface area contributed by atoms with Crippen LogP contribution in [0.3, 0.4) is 0 Å². The number of aromatic nitrogens is 2. The molecule has 0 saturated carbocycles. The molecule has 7 nitrogen and oxygen atoms in total. The zero-order chi connectivity index (χ0) is 17.5. The molecule has 128 valence electrons. The molecule has 0 bridgehead atoms. The highest BCUT2D eigenvalue weighted by molar-refractivity contribution is 5.94. The molecular weight excluding hydrogens is 306 g/mol. The van der Waals surface area contributed by atoms with Crippen molar-refractivity contribution in [2.75, 3.05) is 11.9 Å². The maximum Gasteiger partial charge on any atom is 0.244 e. The van der Waals surface area contributed by atoms with Crippen LogP contribution in [0.25, 0.3) is 0 Å². The highest BCUT2D eigenvalue weighted by atomic mass is 16.2. The van der Waals surface area contributed by atoms with Crippen molar-refractivity contribution in [2.24, 2.45) is 11.7 Å². The molecule has 2 rings (SSSR count). The number of amides is 2. The summed E-state index contributed by atoms with van der Waals surface area (Å²) in [5.74, 6) is -0.0707. The van der Waals surface area contributed by atoms with E-state index >= 15 is 0 Å². The predicted octanol–water partition coefficient (Wildman–Crippen LogP) is 0.969. The quantitative estimate of drug-likeness (QED) is 0.704. The lowest BCUT2D eigenvalue weighted by Crippen LogP contribution is -2.46. The van der Waals surface area contributed by atoms with Gasteiger partial charge in [-0.25, -0.2) is 4.68 Å². The molecule has 24 heavy (non-hydrogen) atoms. The molecule has 1 atom stereocenters. The van der Waals surface area contributed by atoms with Crippen molar-refractivity contribution >= 4 is 17.6 Å². The number of hydrogen-bond donors (Lipinski definition) is 3. The first-order chi connectivity index (χ1) is 11.5. The Hall–Kier alpha value is -2.67. The molecule has 1 heterocycles. The zero-order valence-corrected chi connectivity index (χ0v) is 13.9. The number of carbonyl (C=O) groups is 2. The van der Waals surface area contributed by atoms with Gasteiger partial charge in [0.05, 0.1) is 25.3 Å². The molecule has 2 aromatic rings. The summed E-state index contributed by atoms with van der Waals surface area (Å²) in [4.78, 5) is 23.8. The maximum absolute atomic E-state index is 12.0. The molecule has 1 aromatic carbocycles. The number of nitrogens with two attached hydrogens (primary N) is 1. The molecule has 4 N–H and O–H groups in total. The number of anilines is 1. The SMILES string of the molecule is CC(C)[C@H](N)C(=O)NCC(=O)Nc1ccnn1Cc1ccccc1. The molecule has 0 spiro atoms. The number of hydrogen-bond acceptors (Lipinski definition) is 4. The van der Waals surface area contributed by atoms with Crippen molar-refractivity contribution < 1.29 is 9.59 Å². The molecule has 0 saturated heterocycles. The van der Waals surface area contributed by atoms with Crippen LogP contribution in [0.4, 0.5) is 5.82 Å². The Morgan fingerprint density at radius 2 is 1.92 bits per heavy atom. The normalized spacial score (nSPS) is 12.0. The number of nitrogens with zero attached hydrogens (tertiary/aromatic N) is 2. The van der Waals surface area contributed by atoms with Gasteiger partial charge in [-0.15, -0.1) is 0 Å². The van der Waals surface area contributed by atoms with Gasteiger partial charge in [-0.05, 0) is 11.5 Å². The summed E-state index contributed by atoms with van der Waals surface area (Å²) in [6, 6.07) is 10.9. The highest BCUT2D eigenvalue weighted by Crippen LogP contribution is 2.09. The fraction of sp³-hybridized carbons (Fsp3) is 0.353. The average molecular weight is 329 g/mol. The lowest BCUT2D eigenvalue weighted by molar-refractivity contribution is -0.125. The molecule has 0 aliphatic heterocycles. The van der Waals surface area contributed by atoms with E-state index in [1.807, 2.05) is 44.2 Å². The molecule has 0 aliphatic rings. The molecule has 0 unspecified atom stereocenters. The van der Waals surface area contributed by atoms with Crippen LogP contribution in [0, 0.1) is 5.92 Å². The van der Waals surface area contributed by atoms with E-state index in [1.54, 1.807) is 16.9 Å². The van der Waals surface area contributed by atoms with Crippen molar-refractivity contribution in [3.05, 3.63) is 48.2 Å². The van der Waals surface area contributed by atoms with E-state index in [1.165, 1.54) is 0 Å². The smallest absolute Gasteiger partial charge is 0.244 e. The van der Waals surface area contributed by atoms with Crippen LogP contribution < -0.4 is 16.4 Å². The first kappa shape index (κ1) is 17.7. The molecule has 7 heteroatoms. The second-order valence-electron chi connectivity index (χ2n) is 5.90. The highest BCUT2D eigenvalue weighted by Gasteiger charge is 2.17. The molecule has 2 amide bonds. The van der Waals surface area contributed by atoms with Gasteiger partial charge in [0.15, 0.2) is 0 Å². The van der Waals surface area contributed by atoms with Gasteiger partial charge in [-0.2, -0.15) is 5.10 Å². The van der Waals surface area contributed by atoms with Crippen molar-refractivity contribution in [1.29, 1.82) is 0 Å². The molecule has 0 aliphatic carbocycles. The molecular formula is C17H23N5O2. The summed E-state index contributed by atoms with van der Waals surface area (Å²) < 4.78 is 1.69. The Labute approximate surface area is 141 Å². The summed E-state index contributed by atoms with van der Waals surface area (Å²) in [6.07, 6.45) is 1.62. The first-order valence-electron chi connectivity index (χ1n) is 7.86. The monoisotopic (exact) mass is 329 g/mol. The molecule has 1 aromatic heterocycles. The Bertz CT molecular complexity index is 681. The summed E-state index contributed by atoms with van der Waals surface area (Å²) in [5.41, 5.74) is 6.81. The number of rotatable bonds is 7. The van der Waals surface area contributed by atoms with Crippen LogP contribution in [-0.2, 0) is 16.1 Å². The van der Waals surface area contributed by atoms with Gasteiger partial charge < -0.3 is 16.4 Å². The van der Waals surface area contributed by atoms with Crippen molar-refractivity contribution in [2.45, 2.75) is 26.4 Å². The van der Waals surface area contributed by atoms with Gasteiger partial charge in [0.25, 0.3) is 0 Å². The first-order valence-corrected chi connectivity index (χ1v) is 7.86. The van der Waals surface area contributed by atoms with Gasteiger partial charge >= 0.3 is 0 Å². The largest absolute Gasteiger partial charge is 0.346 e. The van der Waals surface area contributed by atoms with Crippen LogP contribution in [0.2, 0.25) is 0 Å². The van der Waals surface area contributed by atoms with Crippen LogP contribution in [0.1, 0.15) is 19.4 Å². The summed E-state index contributed by atoms with van der Waals surface area (Å²) in [6.45, 7) is 4.13. The van der Waals surface area contributed by atoms with E-state index in [2.05, 4.69) is 15.7 Å². The minimum absolute atomic E-state index is 0.0142. The summed E-state index contributed by atoms with van der Waals surface area (Å²) >= 11 is 0. The maximum atomic E-state index is 12.0. The van der Waals surface area contributed by atoms with E-state index in [0.717, 1.165) is 5.56 Å². The van der Waals surface area contributed by atoms with Crippen molar-refractivity contribution in [3.63, 3.8) is 0 Å². The third-order valence-electron chi connectivity index (χ3n) is 3.60. The fourth-order valence-electron chi connectivity index (χ4n) is 2.10. The van der Waals surface area contributed by atoms with Gasteiger partial charge in [0.1, 0.15) is 5.82 Å². The van der Waals surface area contributed by atoms with Crippen molar-refractivity contribution in [1.82, 2.24) is 15.1 Å². The Kier molecular flexibility index (Phi) is 6.08. The Morgan fingerprint density at radius 3 is 2.58 bits per heavy atom. The average Bonchev–Trinajstić information content (AvgIpc) is 2.99. The lowest BCUT2D eigenvalue weighted by Gasteiger charge is -2.15. The third kappa shape index (κ3) is 4.92. The zero-order valence-electron chi connectivity index (χ0n) is 13.9. The summed E-state index contributed by atoms with van der Waals surface area (Å²) in [7, 11) is 0. The molecule has 0 radical (unpaired) electrons. The van der Waals surface area contributed by atoms with Crippen molar-refractivity contribution in [3.8, 4) is 0 Å². The molecule has 0 fully saturated rings. The third-order valence-corrected chi connectivity index (χ3v) is 3.60. The second kappa shape index (κ2) is 8.26. The van der Waals surface area contributed by atoms with Crippen LogP contribution in [-0.4, -0.2) is 34.2 Å². The summed E-state index contributed by atoms with van der Waals surface area (Å²) in [5, 5.41) is 9.49. The predicted molar refractivity (Wildman–Crippen MR) is 92.2 cm³/mol. The topological polar surface area (TPSA) is 102 Å². The standard InChI is InChI=1S/C17H23N5O2/c1-12(2)16(18)17(24)19-10-15(23)21-14-8-9-20-22(14)11-13-6-4-3-5-7-13/h3-9,12,16H,10-11,18H2,1-2H3,(H,19,24)(H,21,23)/t16-/m0/s1. The minimum Gasteiger partial charge on any atom is -0.346 e. The fourth-order valence-corrected chi connectivity index (χ4v) is 2.10. The van der Waals surface area contributed by atoms with Gasteiger partial charge in [-0.1, -0.05) is 44.2 Å². The van der Waals surface area contributed by atoms with Crippen LogP contribution in [0.15, 0.2) is 42.6 Å². The van der Waals surface area contributed by atoms with Gasteiger partial charge in [-0.3, -0.25) is 9.59 Å². The number of nitrogens with one attached hydrogen (secondary N) is 2. The Morgan fingerprint density at radius 1 is 1.21 bits per heavy atom.